The Kier molecular flexibility index (Phi) is 2.76. The molecule has 0 aliphatic carbocycles. The highest BCUT2D eigenvalue weighted by Crippen LogP contribution is 2.25. The van der Waals surface area contributed by atoms with Gasteiger partial charge in [0, 0.05) is 4.47 Å². The number of rotatable bonds is 2. The van der Waals surface area contributed by atoms with Crippen LogP contribution in [-0.4, -0.2) is 16.2 Å². The van der Waals surface area contributed by atoms with Crippen LogP contribution in [-0.2, 0) is 0 Å². The number of fused-ring (bicyclic) bond motifs is 1. The standard InChI is InChI=1S/C10H5BrN4O/c11-9-3-8(16-2-1-12)6-15-10(9)7(4-13)5-14-15/h3,5-6H,2H2. The van der Waals surface area contributed by atoms with Crippen molar-refractivity contribution in [2.75, 3.05) is 6.61 Å². The van der Waals surface area contributed by atoms with Gasteiger partial charge in [-0.1, -0.05) is 0 Å². The fraction of sp³-hybridized carbons (Fsp3) is 0.100. The van der Waals surface area contributed by atoms with Gasteiger partial charge in [-0.05, 0) is 22.0 Å². The third kappa shape index (κ3) is 1.71. The van der Waals surface area contributed by atoms with Crippen molar-refractivity contribution >= 4 is 21.4 Å². The highest BCUT2D eigenvalue weighted by Gasteiger charge is 2.09. The minimum absolute atomic E-state index is 0.0235. The maximum atomic E-state index is 8.86. The molecule has 0 fully saturated rings. The summed E-state index contributed by atoms with van der Waals surface area (Å²) in [7, 11) is 0. The van der Waals surface area contributed by atoms with Crippen LogP contribution in [0.3, 0.4) is 0 Å². The van der Waals surface area contributed by atoms with Crippen LogP contribution in [0.4, 0.5) is 0 Å². The third-order valence-corrected chi connectivity index (χ3v) is 2.57. The number of hydrogen-bond donors (Lipinski definition) is 0. The van der Waals surface area contributed by atoms with Crippen LogP contribution in [0.2, 0.25) is 0 Å². The van der Waals surface area contributed by atoms with Crippen molar-refractivity contribution in [3.63, 3.8) is 0 Å². The van der Waals surface area contributed by atoms with E-state index in [0.29, 0.717) is 21.3 Å². The van der Waals surface area contributed by atoms with E-state index in [1.807, 2.05) is 12.1 Å². The van der Waals surface area contributed by atoms with Gasteiger partial charge < -0.3 is 4.74 Å². The topological polar surface area (TPSA) is 74.1 Å². The Morgan fingerprint density at radius 3 is 3.00 bits per heavy atom. The molecule has 2 heterocycles. The van der Waals surface area contributed by atoms with E-state index in [1.54, 1.807) is 12.3 Å². The zero-order chi connectivity index (χ0) is 11.5. The fourth-order valence-electron chi connectivity index (χ4n) is 1.33. The normalized spacial score (nSPS) is 9.69. The van der Waals surface area contributed by atoms with Crippen LogP contribution in [0.25, 0.3) is 5.52 Å². The Morgan fingerprint density at radius 1 is 1.50 bits per heavy atom. The van der Waals surface area contributed by atoms with Gasteiger partial charge in [-0.15, -0.1) is 0 Å². The summed E-state index contributed by atoms with van der Waals surface area (Å²) in [5.74, 6) is 0.522. The van der Waals surface area contributed by atoms with Gasteiger partial charge in [-0.25, -0.2) is 4.52 Å². The van der Waals surface area contributed by atoms with E-state index < -0.39 is 0 Å². The number of ether oxygens (including phenoxy) is 1. The molecule has 0 saturated heterocycles. The molecule has 0 amide bonds. The Bertz CT molecular complexity index is 620. The number of aromatic nitrogens is 2. The molecule has 0 unspecified atom stereocenters. The van der Waals surface area contributed by atoms with Gasteiger partial charge in [0.25, 0.3) is 0 Å². The predicted octanol–water partition coefficient (Wildman–Crippen LogP) is 1.87. The molecular formula is C10H5BrN4O. The quantitative estimate of drug-likeness (QED) is 0.839. The molecule has 0 aliphatic rings. The summed E-state index contributed by atoms with van der Waals surface area (Å²) in [6, 6.07) is 5.63. The van der Waals surface area contributed by atoms with E-state index in [2.05, 4.69) is 21.0 Å². The first-order valence-electron chi connectivity index (χ1n) is 4.33. The minimum atomic E-state index is -0.0235. The lowest BCUT2D eigenvalue weighted by Crippen LogP contribution is -1.96. The Balaban J connectivity index is 2.54. The molecule has 0 bridgehead atoms. The molecule has 0 spiro atoms. The summed E-state index contributed by atoms with van der Waals surface area (Å²) in [6.45, 7) is -0.0235. The van der Waals surface area contributed by atoms with Crippen LogP contribution >= 0.6 is 15.9 Å². The molecule has 6 heteroatoms. The molecule has 0 aromatic carbocycles. The van der Waals surface area contributed by atoms with E-state index >= 15 is 0 Å². The predicted molar refractivity (Wildman–Crippen MR) is 58.7 cm³/mol. The first-order valence-corrected chi connectivity index (χ1v) is 5.12. The number of nitriles is 2. The van der Waals surface area contributed by atoms with Gasteiger partial charge in [0.1, 0.15) is 17.9 Å². The van der Waals surface area contributed by atoms with E-state index in [9.17, 15) is 0 Å². The van der Waals surface area contributed by atoms with Crippen molar-refractivity contribution in [3.8, 4) is 17.9 Å². The smallest absolute Gasteiger partial charge is 0.174 e. The lowest BCUT2D eigenvalue weighted by Gasteiger charge is -2.03. The van der Waals surface area contributed by atoms with Crippen LogP contribution in [0.1, 0.15) is 5.56 Å². The van der Waals surface area contributed by atoms with Gasteiger partial charge in [0.2, 0.25) is 0 Å². The van der Waals surface area contributed by atoms with Crippen molar-refractivity contribution in [3.05, 3.63) is 28.5 Å². The first kappa shape index (κ1) is 10.5. The molecule has 0 atom stereocenters. The van der Waals surface area contributed by atoms with Crippen LogP contribution < -0.4 is 4.74 Å². The second-order valence-electron chi connectivity index (χ2n) is 2.93. The van der Waals surface area contributed by atoms with Gasteiger partial charge in [0.15, 0.2) is 6.61 Å². The van der Waals surface area contributed by atoms with E-state index in [-0.39, 0.29) is 6.61 Å². The maximum absolute atomic E-state index is 8.86. The molecule has 2 aromatic heterocycles. The van der Waals surface area contributed by atoms with Crippen LogP contribution in [0.15, 0.2) is 22.9 Å². The molecule has 0 radical (unpaired) electrons. The van der Waals surface area contributed by atoms with Crippen molar-refractivity contribution in [2.24, 2.45) is 0 Å². The van der Waals surface area contributed by atoms with Gasteiger partial charge in [0.05, 0.1) is 23.5 Å². The SMILES string of the molecule is N#CCOc1cc(Br)c2c(C#N)cnn2c1. The fourth-order valence-corrected chi connectivity index (χ4v) is 1.95. The maximum Gasteiger partial charge on any atom is 0.174 e. The highest BCUT2D eigenvalue weighted by atomic mass is 79.9. The van der Waals surface area contributed by atoms with Crippen molar-refractivity contribution < 1.29 is 4.74 Å². The summed E-state index contributed by atoms with van der Waals surface area (Å²) in [5, 5.41) is 21.3. The molecule has 16 heavy (non-hydrogen) atoms. The van der Waals surface area contributed by atoms with E-state index in [0.717, 1.165) is 0 Å². The zero-order valence-corrected chi connectivity index (χ0v) is 9.60. The van der Waals surface area contributed by atoms with Crippen molar-refractivity contribution in [2.45, 2.75) is 0 Å². The summed E-state index contributed by atoms with van der Waals surface area (Å²) in [6.07, 6.45) is 3.10. The van der Waals surface area contributed by atoms with E-state index in [1.165, 1.54) is 10.7 Å². The molecule has 0 aliphatic heterocycles. The van der Waals surface area contributed by atoms with Crippen molar-refractivity contribution in [1.29, 1.82) is 10.5 Å². The lowest BCUT2D eigenvalue weighted by molar-refractivity contribution is 0.365. The second-order valence-corrected chi connectivity index (χ2v) is 3.79. The largest absolute Gasteiger partial charge is 0.477 e. The molecular weight excluding hydrogens is 272 g/mol. The molecule has 2 aromatic rings. The number of nitrogens with zero attached hydrogens (tertiary/aromatic N) is 4. The van der Waals surface area contributed by atoms with Crippen LogP contribution in [0.5, 0.6) is 5.75 Å². The lowest BCUT2D eigenvalue weighted by atomic mass is 10.3. The summed E-state index contributed by atoms with van der Waals surface area (Å²) >= 11 is 3.34. The number of hydrogen-bond acceptors (Lipinski definition) is 4. The zero-order valence-electron chi connectivity index (χ0n) is 8.01. The molecule has 78 valence electrons. The Hall–Kier alpha value is -2.05. The molecule has 0 N–H and O–H groups in total. The summed E-state index contributed by atoms with van der Waals surface area (Å²) < 4.78 is 7.39. The highest BCUT2D eigenvalue weighted by molar-refractivity contribution is 9.10. The summed E-state index contributed by atoms with van der Waals surface area (Å²) in [4.78, 5) is 0. The van der Waals surface area contributed by atoms with E-state index in [4.69, 9.17) is 15.3 Å². The van der Waals surface area contributed by atoms with Gasteiger partial charge in [-0.2, -0.15) is 15.6 Å². The number of pyridine rings is 1. The average molecular weight is 277 g/mol. The molecule has 0 saturated carbocycles. The monoisotopic (exact) mass is 276 g/mol. The molecule has 2 rings (SSSR count). The first-order chi connectivity index (χ1) is 7.76. The summed E-state index contributed by atoms with van der Waals surface area (Å²) in [5.41, 5.74) is 1.17. The number of halogens is 1. The third-order valence-electron chi connectivity index (χ3n) is 1.96. The average Bonchev–Trinajstić information content (AvgIpc) is 2.69. The van der Waals surface area contributed by atoms with Gasteiger partial charge in [-0.3, -0.25) is 0 Å². The van der Waals surface area contributed by atoms with Crippen LogP contribution in [0, 0.1) is 22.7 Å². The Morgan fingerprint density at radius 2 is 2.31 bits per heavy atom. The van der Waals surface area contributed by atoms with Gasteiger partial charge >= 0.3 is 0 Å². The van der Waals surface area contributed by atoms with Crippen molar-refractivity contribution in [1.82, 2.24) is 9.61 Å². The Labute approximate surface area is 99.6 Å². The molecule has 5 nitrogen and oxygen atoms in total. The minimum Gasteiger partial charge on any atom is -0.477 e. The second kappa shape index (κ2) is 4.21.